The predicted octanol–water partition coefficient (Wildman–Crippen LogP) is 2.27. The van der Waals surface area contributed by atoms with Crippen LogP contribution in [0, 0.1) is 0 Å². The third-order valence-corrected chi connectivity index (χ3v) is 4.50. The van der Waals surface area contributed by atoms with Crippen molar-refractivity contribution in [3.05, 3.63) is 59.6 Å². The molecule has 1 N–H and O–H groups in total. The minimum atomic E-state index is -0.787. The lowest BCUT2D eigenvalue weighted by Gasteiger charge is -2.24. The number of benzene rings is 1. The van der Waals surface area contributed by atoms with E-state index in [1.807, 2.05) is 19.0 Å². The van der Waals surface area contributed by atoms with Gasteiger partial charge >= 0.3 is 0 Å². The highest BCUT2D eigenvalue weighted by Gasteiger charge is 2.47. The second-order valence-electron chi connectivity index (χ2n) is 6.51. The van der Waals surface area contributed by atoms with Gasteiger partial charge in [-0.2, -0.15) is 0 Å². The summed E-state index contributed by atoms with van der Waals surface area (Å²) in [5.74, 6) is -0.843. The van der Waals surface area contributed by atoms with E-state index in [2.05, 4.69) is 0 Å². The van der Waals surface area contributed by atoms with Crippen LogP contribution in [-0.4, -0.2) is 60.9 Å². The number of nitrogens with zero attached hydrogens (tertiary/aromatic N) is 2. The van der Waals surface area contributed by atoms with Gasteiger partial charge in [0.2, 0.25) is 0 Å². The monoisotopic (exact) mass is 370 g/mol. The Bertz CT molecular complexity index is 870. The van der Waals surface area contributed by atoms with E-state index < -0.39 is 17.7 Å². The molecule has 1 saturated heterocycles. The molecule has 0 aliphatic carbocycles. The number of carbonyl (C=O) groups is 2. The Morgan fingerprint density at radius 3 is 2.59 bits per heavy atom. The number of methoxy groups -OCH3 is 1. The van der Waals surface area contributed by atoms with Gasteiger partial charge in [-0.25, -0.2) is 0 Å². The summed E-state index contributed by atoms with van der Waals surface area (Å²) in [4.78, 5) is 28.8. The van der Waals surface area contributed by atoms with Gasteiger partial charge in [-0.3, -0.25) is 9.59 Å². The molecule has 1 atom stereocenters. The van der Waals surface area contributed by atoms with E-state index in [0.29, 0.717) is 30.2 Å². The lowest BCUT2D eigenvalue weighted by atomic mass is 9.99. The fraction of sp³-hybridized carbons (Fsp3) is 0.300. The van der Waals surface area contributed by atoms with Crippen molar-refractivity contribution < 1.29 is 23.8 Å². The highest BCUT2D eigenvalue weighted by Crippen LogP contribution is 2.40. The first-order valence-corrected chi connectivity index (χ1v) is 8.55. The Labute approximate surface area is 157 Å². The fourth-order valence-electron chi connectivity index (χ4n) is 3.15. The number of likely N-dealkylation sites (N-methyl/N-ethyl adjacent to an activating group) is 1. The minimum Gasteiger partial charge on any atom is -0.507 e. The van der Waals surface area contributed by atoms with E-state index in [0.717, 1.165) is 0 Å². The molecule has 1 amide bonds. The molecule has 1 fully saturated rings. The molecule has 7 heteroatoms. The van der Waals surface area contributed by atoms with Crippen LogP contribution in [0.15, 0.2) is 52.7 Å². The summed E-state index contributed by atoms with van der Waals surface area (Å²) in [6, 6.07) is 9.39. The van der Waals surface area contributed by atoms with Crippen LogP contribution in [0.1, 0.15) is 17.4 Å². The van der Waals surface area contributed by atoms with Crippen molar-refractivity contribution in [3.63, 3.8) is 0 Å². The molecule has 1 aromatic carbocycles. The standard InChI is InChI=1S/C20H22N2O5/c1-21(2)10-11-22-17(15-9-6-12-27-15)16(19(24)20(22)25)18(23)13-7-4-5-8-14(13)26-3/h4-9,12,17,23H,10-11H2,1-3H3/b18-16-. The van der Waals surface area contributed by atoms with E-state index in [-0.39, 0.29) is 11.3 Å². The number of amides is 1. The number of para-hydroxylation sites is 1. The predicted molar refractivity (Wildman–Crippen MR) is 99.3 cm³/mol. The quantitative estimate of drug-likeness (QED) is 0.477. The van der Waals surface area contributed by atoms with Crippen molar-refractivity contribution in [2.45, 2.75) is 6.04 Å². The average molecular weight is 370 g/mol. The number of furan rings is 1. The molecular weight excluding hydrogens is 348 g/mol. The highest BCUT2D eigenvalue weighted by molar-refractivity contribution is 6.46. The lowest BCUT2D eigenvalue weighted by molar-refractivity contribution is -0.140. The number of likely N-dealkylation sites (tertiary alicyclic amines) is 1. The molecule has 1 aliphatic heterocycles. The number of ether oxygens (including phenoxy) is 1. The summed E-state index contributed by atoms with van der Waals surface area (Å²) in [6.07, 6.45) is 1.48. The van der Waals surface area contributed by atoms with Gasteiger partial charge < -0.3 is 24.1 Å². The normalized spacial score (nSPS) is 19.1. The maximum absolute atomic E-state index is 12.8. The molecular formula is C20H22N2O5. The first-order valence-electron chi connectivity index (χ1n) is 8.55. The third kappa shape index (κ3) is 3.46. The van der Waals surface area contributed by atoms with Crippen molar-refractivity contribution in [3.8, 4) is 5.75 Å². The summed E-state index contributed by atoms with van der Waals surface area (Å²) < 4.78 is 10.8. The van der Waals surface area contributed by atoms with Crippen molar-refractivity contribution in [1.29, 1.82) is 0 Å². The van der Waals surface area contributed by atoms with Crippen LogP contribution < -0.4 is 4.74 Å². The van der Waals surface area contributed by atoms with Gasteiger partial charge in [-0.15, -0.1) is 0 Å². The van der Waals surface area contributed by atoms with E-state index >= 15 is 0 Å². The molecule has 2 heterocycles. The van der Waals surface area contributed by atoms with Crippen molar-refractivity contribution in [2.24, 2.45) is 0 Å². The summed E-state index contributed by atoms with van der Waals surface area (Å²) >= 11 is 0. The molecule has 0 saturated carbocycles. The van der Waals surface area contributed by atoms with Gasteiger partial charge in [0.05, 0.1) is 24.5 Å². The fourth-order valence-corrected chi connectivity index (χ4v) is 3.15. The Kier molecular flexibility index (Phi) is 5.32. The van der Waals surface area contributed by atoms with Crippen LogP contribution in [0.3, 0.4) is 0 Å². The van der Waals surface area contributed by atoms with Gasteiger partial charge in [-0.05, 0) is 38.4 Å². The Hall–Kier alpha value is -3.06. The summed E-state index contributed by atoms with van der Waals surface area (Å²) in [6.45, 7) is 0.893. The Balaban J connectivity index is 2.14. The molecule has 0 radical (unpaired) electrons. The second kappa shape index (κ2) is 7.67. The van der Waals surface area contributed by atoms with Crippen LogP contribution in [0.4, 0.5) is 0 Å². The van der Waals surface area contributed by atoms with E-state index in [4.69, 9.17) is 9.15 Å². The lowest BCUT2D eigenvalue weighted by Crippen LogP contribution is -2.35. The smallest absolute Gasteiger partial charge is 0.295 e. The van der Waals surface area contributed by atoms with Crippen LogP contribution in [0.5, 0.6) is 5.75 Å². The highest BCUT2D eigenvalue weighted by atomic mass is 16.5. The van der Waals surface area contributed by atoms with Crippen LogP contribution in [0.2, 0.25) is 0 Å². The first-order chi connectivity index (χ1) is 13.0. The number of Topliss-reactive ketones (excluding diaryl/α,β-unsaturated/α-hetero) is 1. The summed E-state index contributed by atoms with van der Waals surface area (Å²) in [5.41, 5.74) is 0.348. The molecule has 2 aromatic rings. The van der Waals surface area contributed by atoms with Crippen LogP contribution in [0.25, 0.3) is 5.76 Å². The number of carbonyl (C=O) groups excluding carboxylic acids is 2. The maximum atomic E-state index is 12.8. The molecule has 7 nitrogen and oxygen atoms in total. The molecule has 0 spiro atoms. The van der Waals surface area contributed by atoms with Crippen LogP contribution in [-0.2, 0) is 9.59 Å². The maximum Gasteiger partial charge on any atom is 0.295 e. The number of aliphatic hydroxyl groups excluding tert-OH is 1. The van der Waals surface area contributed by atoms with Gasteiger partial charge in [0, 0.05) is 13.1 Å². The molecule has 1 aliphatic rings. The van der Waals surface area contributed by atoms with Gasteiger partial charge in [0.25, 0.3) is 11.7 Å². The minimum absolute atomic E-state index is 0.00166. The van der Waals surface area contributed by atoms with Gasteiger partial charge in [-0.1, -0.05) is 12.1 Å². The molecule has 3 rings (SSSR count). The van der Waals surface area contributed by atoms with E-state index in [1.54, 1.807) is 36.4 Å². The SMILES string of the molecule is COc1ccccc1/C(O)=C1/C(=O)C(=O)N(CCN(C)C)C1c1ccco1. The Morgan fingerprint density at radius 1 is 1.22 bits per heavy atom. The third-order valence-electron chi connectivity index (χ3n) is 4.50. The molecule has 142 valence electrons. The number of aliphatic hydroxyl groups is 1. The number of hydrogen-bond donors (Lipinski definition) is 1. The molecule has 1 aromatic heterocycles. The summed E-state index contributed by atoms with van der Waals surface area (Å²) in [7, 11) is 5.24. The summed E-state index contributed by atoms with van der Waals surface area (Å²) in [5, 5.41) is 10.9. The topological polar surface area (TPSA) is 83.2 Å². The zero-order valence-electron chi connectivity index (χ0n) is 15.5. The van der Waals surface area contributed by atoms with Gasteiger partial charge in [0.1, 0.15) is 23.3 Å². The molecule has 0 bridgehead atoms. The zero-order valence-corrected chi connectivity index (χ0v) is 15.5. The Morgan fingerprint density at radius 2 is 1.96 bits per heavy atom. The van der Waals surface area contributed by atoms with Crippen molar-refractivity contribution in [1.82, 2.24) is 9.80 Å². The molecule has 1 unspecified atom stereocenters. The first kappa shape index (κ1) is 18.7. The van der Waals surface area contributed by atoms with Crippen LogP contribution >= 0.6 is 0 Å². The van der Waals surface area contributed by atoms with Crippen molar-refractivity contribution >= 4 is 17.4 Å². The van der Waals surface area contributed by atoms with Crippen molar-refractivity contribution in [2.75, 3.05) is 34.3 Å². The average Bonchev–Trinajstić information content (AvgIpc) is 3.27. The molecule has 27 heavy (non-hydrogen) atoms. The van der Waals surface area contributed by atoms with E-state index in [9.17, 15) is 14.7 Å². The largest absolute Gasteiger partial charge is 0.507 e. The number of ketones is 1. The number of hydrogen-bond acceptors (Lipinski definition) is 6. The zero-order chi connectivity index (χ0) is 19.6. The number of rotatable bonds is 6. The van der Waals surface area contributed by atoms with E-state index in [1.165, 1.54) is 18.3 Å². The second-order valence-corrected chi connectivity index (χ2v) is 6.51. The van der Waals surface area contributed by atoms with Gasteiger partial charge in [0.15, 0.2) is 0 Å².